The van der Waals surface area contributed by atoms with Gasteiger partial charge in [0.1, 0.15) is 16.4 Å². The molecule has 1 aliphatic rings. The summed E-state index contributed by atoms with van der Waals surface area (Å²) < 4.78 is 37.5. The van der Waals surface area contributed by atoms with E-state index >= 15 is 0 Å². The Labute approximate surface area is 187 Å². The third-order valence-corrected chi connectivity index (χ3v) is 7.55. The maximum atomic E-state index is 13.1. The summed E-state index contributed by atoms with van der Waals surface area (Å²) in [6.07, 6.45) is 3.70. The molecule has 1 aliphatic heterocycles. The van der Waals surface area contributed by atoms with Crippen LogP contribution >= 0.6 is 0 Å². The molecule has 2 aromatic carbocycles. The number of rotatable bonds is 6. The number of nitrogens with one attached hydrogen (secondary N) is 2. The maximum Gasteiger partial charge on any atom is 0.253 e. The van der Waals surface area contributed by atoms with Crippen molar-refractivity contribution in [1.29, 1.82) is 0 Å². The van der Waals surface area contributed by atoms with Gasteiger partial charge in [-0.3, -0.25) is 4.79 Å². The number of carbonyl (C=O) groups is 1. The van der Waals surface area contributed by atoms with Crippen LogP contribution in [0.5, 0.6) is 11.5 Å². The summed E-state index contributed by atoms with van der Waals surface area (Å²) >= 11 is 0. The molecular weight excluding hydrogens is 430 g/mol. The van der Waals surface area contributed by atoms with E-state index in [0.29, 0.717) is 24.6 Å². The Balaban J connectivity index is 1.52. The fourth-order valence-electron chi connectivity index (χ4n) is 4.29. The van der Waals surface area contributed by atoms with Gasteiger partial charge in [0.05, 0.1) is 14.2 Å². The first kappa shape index (κ1) is 22.2. The number of fused-ring (bicyclic) bond motifs is 1. The van der Waals surface area contributed by atoms with Gasteiger partial charge >= 0.3 is 0 Å². The van der Waals surface area contributed by atoms with Crippen LogP contribution in [0.4, 0.5) is 0 Å². The van der Waals surface area contributed by atoms with Crippen LogP contribution in [0.15, 0.2) is 47.5 Å². The molecular formula is C23H27N3O5S. The number of aromatic amines is 1. The van der Waals surface area contributed by atoms with Crippen molar-refractivity contribution in [3.8, 4) is 11.5 Å². The van der Waals surface area contributed by atoms with Crippen LogP contribution in [-0.4, -0.2) is 58.6 Å². The largest absolute Gasteiger partial charge is 0.497 e. The Hall–Kier alpha value is -3.04. The Bertz CT molecular complexity index is 1240. The lowest BCUT2D eigenvalue weighted by Gasteiger charge is -2.32. The summed E-state index contributed by atoms with van der Waals surface area (Å²) in [7, 11) is 0.632. The van der Waals surface area contributed by atoms with Crippen molar-refractivity contribution in [2.24, 2.45) is 0 Å². The molecule has 1 aromatic heterocycles. The minimum atomic E-state index is -3.75. The van der Waals surface area contributed by atoms with Gasteiger partial charge in [-0.2, -0.15) is 0 Å². The van der Waals surface area contributed by atoms with Crippen molar-refractivity contribution in [1.82, 2.24) is 14.6 Å². The highest BCUT2D eigenvalue weighted by molar-refractivity contribution is 7.89. The summed E-state index contributed by atoms with van der Waals surface area (Å²) in [4.78, 5) is 18.2. The molecule has 1 fully saturated rings. The van der Waals surface area contributed by atoms with Crippen molar-refractivity contribution in [2.45, 2.75) is 23.7 Å². The number of aromatic nitrogens is 1. The number of H-pyrrole nitrogens is 1. The molecule has 0 unspecified atom stereocenters. The monoisotopic (exact) mass is 457 g/mol. The number of amides is 1. The SMILES string of the molecule is CNS(=O)(=O)c1cc(C(=O)N2CCC(c3c[nH]c4ccc(OC)cc34)CC2)ccc1OC. The summed E-state index contributed by atoms with van der Waals surface area (Å²) in [6, 6.07) is 10.5. The zero-order chi connectivity index (χ0) is 22.9. The van der Waals surface area contributed by atoms with Crippen LogP contribution in [0.25, 0.3) is 10.9 Å². The first-order valence-corrected chi connectivity index (χ1v) is 11.9. The third kappa shape index (κ3) is 4.05. The molecule has 170 valence electrons. The lowest BCUT2D eigenvalue weighted by molar-refractivity contribution is 0.0713. The zero-order valence-corrected chi connectivity index (χ0v) is 19.2. The predicted octanol–water partition coefficient (Wildman–Crippen LogP) is 3.11. The first-order chi connectivity index (χ1) is 15.4. The molecule has 3 aromatic rings. The van der Waals surface area contributed by atoms with Crippen LogP contribution in [-0.2, 0) is 10.0 Å². The molecule has 1 saturated heterocycles. The molecule has 0 aliphatic carbocycles. The average molecular weight is 458 g/mol. The number of benzene rings is 2. The Morgan fingerprint density at radius 3 is 2.50 bits per heavy atom. The summed E-state index contributed by atoms with van der Waals surface area (Å²) in [6.45, 7) is 1.20. The highest BCUT2D eigenvalue weighted by atomic mass is 32.2. The van der Waals surface area contributed by atoms with Crippen LogP contribution in [0.1, 0.15) is 34.7 Å². The van der Waals surface area contributed by atoms with E-state index in [-0.39, 0.29) is 16.6 Å². The smallest absolute Gasteiger partial charge is 0.253 e. The molecule has 0 atom stereocenters. The third-order valence-electron chi connectivity index (χ3n) is 6.11. The number of ether oxygens (including phenoxy) is 2. The lowest BCUT2D eigenvalue weighted by atomic mass is 9.89. The summed E-state index contributed by atoms with van der Waals surface area (Å²) in [5, 5.41) is 1.14. The second-order valence-corrected chi connectivity index (χ2v) is 9.65. The number of methoxy groups -OCH3 is 2. The fourth-order valence-corrected chi connectivity index (χ4v) is 5.21. The minimum absolute atomic E-state index is 0.0454. The number of hydrogen-bond donors (Lipinski definition) is 2. The predicted molar refractivity (Wildman–Crippen MR) is 122 cm³/mol. The molecule has 0 spiro atoms. The Morgan fingerprint density at radius 2 is 1.84 bits per heavy atom. The van der Waals surface area contributed by atoms with Gasteiger partial charge in [0, 0.05) is 35.8 Å². The molecule has 9 heteroatoms. The highest BCUT2D eigenvalue weighted by Crippen LogP contribution is 2.35. The van der Waals surface area contributed by atoms with E-state index in [9.17, 15) is 13.2 Å². The number of sulfonamides is 1. The summed E-state index contributed by atoms with van der Waals surface area (Å²) in [5.41, 5.74) is 2.63. The summed E-state index contributed by atoms with van der Waals surface area (Å²) in [5.74, 6) is 1.16. The van der Waals surface area contributed by atoms with Gasteiger partial charge in [0.2, 0.25) is 10.0 Å². The van der Waals surface area contributed by atoms with Crippen molar-refractivity contribution in [2.75, 3.05) is 34.4 Å². The molecule has 2 heterocycles. The number of carbonyl (C=O) groups excluding carboxylic acids is 1. The minimum Gasteiger partial charge on any atom is -0.497 e. The van der Waals surface area contributed by atoms with Crippen LogP contribution in [0, 0.1) is 0 Å². The molecule has 32 heavy (non-hydrogen) atoms. The molecule has 2 N–H and O–H groups in total. The fraction of sp³-hybridized carbons (Fsp3) is 0.348. The second kappa shape index (κ2) is 8.84. The van der Waals surface area contributed by atoms with Gasteiger partial charge in [-0.25, -0.2) is 13.1 Å². The maximum absolute atomic E-state index is 13.1. The standard InChI is InChI=1S/C23H27N3O5S/c1-24-32(28,29)22-12-16(4-7-21(22)31-3)23(27)26-10-8-15(9-11-26)19-14-25-20-6-5-17(30-2)13-18(19)20/h4-7,12-15,24-25H,8-11H2,1-3H3. The normalized spacial score (nSPS) is 15.2. The average Bonchev–Trinajstić information content (AvgIpc) is 3.26. The molecule has 0 saturated carbocycles. The first-order valence-electron chi connectivity index (χ1n) is 10.4. The van der Waals surface area contributed by atoms with Crippen molar-refractivity contribution >= 4 is 26.8 Å². The van der Waals surface area contributed by atoms with Gasteiger partial charge in [-0.05, 0) is 67.8 Å². The molecule has 1 amide bonds. The second-order valence-electron chi connectivity index (χ2n) is 7.80. The van der Waals surface area contributed by atoms with E-state index in [1.807, 2.05) is 24.4 Å². The number of hydrogen-bond acceptors (Lipinski definition) is 5. The molecule has 0 bridgehead atoms. The Kier molecular flexibility index (Phi) is 6.12. The Morgan fingerprint density at radius 1 is 1.09 bits per heavy atom. The van der Waals surface area contributed by atoms with Gasteiger partial charge in [0.25, 0.3) is 5.91 Å². The van der Waals surface area contributed by atoms with Crippen LogP contribution in [0.2, 0.25) is 0 Å². The topological polar surface area (TPSA) is 101 Å². The van der Waals surface area contributed by atoms with Gasteiger partial charge in [-0.15, -0.1) is 0 Å². The van der Waals surface area contributed by atoms with Crippen LogP contribution in [0.3, 0.4) is 0 Å². The van der Waals surface area contributed by atoms with E-state index < -0.39 is 10.0 Å². The van der Waals surface area contributed by atoms with Crippen molar-refractivity contribution in [3.63, 3.8) is 0 Å². The van der Waals surface area contributed by atoms with E-state index in [1.165, 1.54) is 31.9 Å². The van der Waals surface area contributed by atoms with E-state index in [1.54, 1.807) is 18.1 Å². The van der Waals surface area contributed by atoms with Gasteiger partial charge in [-0.1, -0.05) is 0 Å². The molecule has 0 radical (unpaired) electrons. The van der Waals surface area contributed by atoms with Gasteiger partial charge in [0.15, 0.2) is 0 Å². The van der Waals surface area contributed by atoms with Gasteiger partial charge < -0.3 is 19.4 Å². The quantitative estimate of drug-likeness (QED) is 0.592. The number of piperidine rings is 1. The molecule has 4 rings (SSSR count). The molecule has 8 nitrogen and oxygen atoms in total. The van der Waals surface area contributed by atoms with E-state index in [0.717, 1.165) is 29.5 Å². The lowest BCUT2D eigenvalue weighted by Crippen LogP contribution is -2.38. The van der Waals surface area contributed by atoms with E-state index in [4.69, 9.17) is 9.47 Å². The zero-order valence-electron chi connectivity index (χ0n) is 18.3. The highest BCUT2D eigenvalue weighted by Gasteiger charge is 2.28. The number of nitrogens with zero attached hydrogens (tertiary/aromatic N) is 1. The van der Waals surface area contributed by atoms with Crippen molar-refractivity contribution in [3.05, 3.63) is 53.7 Å². The number of likely N-dealkylation sites (tertiary alicyclic amines) is 1. The van der Waals surface area contributed by atoms with Crippen molar-refractivity contribution < 1.29 is 22.7 Å². The van der Waals surface area contributed by atoms with E-state index in [2.05, 4.69) is 9.71 Å². The van der Waals surface area contributed by atoms with Crippen LogP contribution < -0.4 is 14.2 Å².